The third kappa shape index (κ3) is 5.22. The number of unbranched alkanes of at least 4 members (excludes halogenated alkanes) is 1. The molecule has 1 N–H and O–H groups in total. The van der Waals surface area contributed by atoms with Gasteiger partial charge in [0.2, 0.25) is 0 Å². The number of carboxylic acids is 1. The van der Waals surface area contributed by atoms with Crippen LogP contribution in [0.25, 0.3) is 0 Å². The van der Waals surface area contributed by atoms with Gasteiger partial charge in [0.05, 0.1) is 28.1 Å². The van der Waals surface area contributed by atoms with Gasteiger partial charge >= 0.3 is 5.97 Å². The Kier molecular flexibility index (Phi) is 6.03. The van der Waals surface area contributed by atoms with Crippen molar-refractivity contribution in [3.63, 3.8) is 0 Å². The van der Waals surface area contributed by atoms with E-state index in [1.165, 1.54) is 12.1 Å². The quantitative estimate of drug-likeness (QED) is 0.754. The topological polar surface area (TPSA) is 70.3 Å². The lowest BCUT2D eigenvalue weighted by Crippen LogP contribution is -2.08. The summed E-state index contributed by atoms with van der Waals surface area (Å²) < 4.78 is 6.32. The van der Waals surface area contributed by atoms with Crippen molar-refractivity contribution in [2.75, 3.05) is 6.61 Å². The smallest absolute Gasteiger partial charge is 0.335 e. The van der Waals surface area contributed by atoms with E-state index >= 15 is 0 Å². The zero-order chi connectivity index (χ0) is 15.2. The third-order valence-electron chi connectivity index (χ3n) is 2.93. The number of nitriles is 1. The summed E-state index contributed by atoms with van der Waals surface area (Å²) in [6, 6.07) is 6.96. The van der Waals surface area contributed by atoms with Crippen LogP contribution in [-0.2, 0) is 0 Å². The van der Waals surface area contributed by atoms with Crippen LogP contribution in [0.3, 0.4) is 0 Å². The van der Waals surface area contributed by atoms with Gasteiger partial charge in [-0.25, -0.2) is 4.79 Å². The fourth-order valence-electron chi connectivity index (χ4n) is 1.65. The average Bonchev–Trinajstić information content (AvgIpc) is 2.40. The predicted molar refractivity (Wildman–Crippen MR) is 79.8 cm³/mol. The number of hydrogen-bond donors (Lipinski definition) is 1. The van der Waals surface area contributed by atoms with E-state index in [9.17, 15) is 4.79 Å². The van der Waals surface area contributed by atoms with Crippen LogP contribution in [0.2, 0.25) is 0 Å². The van der Waals surface area contributed by atoms with Gasteiger partial charge in [0.25, 0.3) is 0 Å². The highest BCUT2D eigenvalue weighted by Gasteiger charge is 2.15. The molecule has 0 saturated heterocycles. The maximum Gasteiger partial charge on any atom is 0.335 e. The van der Waals surface area contributed by atoms with E-state index in [0.717, 1.165) is 23.7 Å². The minimum Gasteiger partial charge on any atom is -0.492 e. The van der Waals surface area contributed by atoms with Crippen molar-refractivity contribution in [1.29, 1.82) is 5.26 Å². The highest BCUT2D eigenvalue weighted by Crippen LogP contribution is 2.27. The minimum absolute atomic E-state index is 0.203. The molecule has 0 unspecified atom stereocenters. The van der Waals surface area contributed by atoms with E-state index in [-0.39, 0.29) is 11.0 Å². The highest BCUT2D eigenvalue weighted by atomic mass is 79.9. The van der Waals surface area contributed by atoms with Crippen LogP contribution >= 0.6 is 15.9 Å². The molecule has 20 heavy (non-hydrogen) atoms. The summed E-state index contributed by atoms with van der Waals surface area (Å²) in [6.07, 6.45) is 2.55. The average molecular weight is 340 g/mol. The first-order valence-corrected chi connectivity index (χ1v) is 7.22. The van der Waals surface area contributed by atoms with Crippen molar-refractivity contribution >= 4 is 21.9 Å². The molecule has 0 saturated carbocycles. The van der Waals surface area contributed by atoms with Crippen LogP contribution in [0.4, 0.5) is 0 Å². The Morgan fingerprint density at radius 1 is 1.45 bits per heavy atom. The van der Waals surface area contributed by atoms with Crippen molar-refractivity contribution in [1.82, 2.24) is 0 Å². The van der Waals surface area contributed by atoms with Crippen LogP contribution in [0, 0.1) is 16.7 Å². The molecular weight excluding hydrogens is 322 g/mol. The lowest BCUT2D eigenvalue weighted by atomic mass is 9.89. The molecule has 0 aliphatic carbocycles. The van der Waals surface area contributed by atoms with Crippen LogP contribution in [-0.4, -0.2) is 17.7 Å². The van der Waals surface area contributed by atoms with Crippen LogP contribution in [0.15, 0.2) is 22.7 Å². The predicted octanol–water partition coefficient (Wildman–Crippen LogP) is 4.25. The standard InChI is InChI=1S/C15H18BrNO3/c1-15(2,10-17)7-3-4-8-20-13-9-11(14(18)19)5-6-12(13)16/h5-6,9H,3-4,7-8H2,1-2H3,(H,18,19). The number of halogens is 1. The summed E-state index contributed by atoms with van der Waals surface area (Å²) in [4.78, 5) is 10.9. The summed E-state index contributed by atoms with van der Waals surface area (Å²) in [6.45, 7) is 4.34. The van der Waals surface area contributed by atoms with E-state index in [2.05, 4.69) is 22.0 Å². The fourth-order valence-corrected chi connectivity index (χ4v) is 2.02. The first-order chi connectivity index (χ1) is 9.35. The van der Waals surface area contributed by atoms with Crippen molar-refractivity contribution in [2.45, 2.75) is 33.1 Å². The summed E-state index contributed by atoms with van der Waals surface area (Å²) in [5.41, 5.74) is -0.0992. The molecule has 0 fully saturated rings. The van der Waals surface area contributed by atoms with Gasteiger partial charge in [0.15, 0.2) is 0 Å². The summed E-state index contributed by atoms with van der Waals surface area (Å²) in [5, 5.41) is 17.8. The second-order valence-electron chi connectivity index (χ2n) is 5.25. The van der Waals surface area contributed by atoms with Gasteiger partial charge in [0, 0.05) is 0 Å². The molecule has 0 atom stereocenters. The molecule has 0 amide bonds. The molecule has 4 nitrogen and oxygen atoms in total. The Morgan fingerprint density at radius 3 is 2.75 bits per heavy atom. The molecular formula is C15H18BrNO3. The molecule has 5 heteroatoms. The Hall–Kier alpha value is -1.54. The Bertz CT molecular complexity index is 520. The van der Waals surface area contributed by atoms with Crippen LogP contribution in [0.5, 0.6) is 5.75 Å². The van der Waals surface area contributed by atoms with Gasteiger partial charge in [-0.15, -0.1) is 0 Å². The third-order valence-corrected chi connectivity index (χ3v) is 3.59. The molecule has 1 aromatic carbocycles. The molecule has 0 bridgehead atoms. The lowest BCUT2D eigenvalue weighted by Gasteiger charge is -2.14. The number of carbonyl (C=O) groups is 1. The molecule has 0 spiro atoms. The fraction of sp³-hybridized carbons (Fsp3) is 0.467. The molecule has 0 aliphatic rings. The monoisotopic (exact) mass is 339 g/mol. The summed E-state index contributed by atoms with van der Waals surface area (Å²) in [7, 11) is 0. The molecule has 0 heterocycles. The number of carboxylic acid groups (broad SMARTS) is 1. The molecule has 1 rings (SSSR count). The zero-order valence-corrected chi connectivity index (χ0v) is 13.2. The minimum atomic E-state index is -0.974. The van der Waals surface area contributed by atoms with Gasteiger partial charge in [-0.1, -0.05) is 0 Å². The van der Waals surface area contributed by atoms with Crippen LogP contribution < -0.4 is 4.74 Å². The first-order valence-electron chi connectivity index (χ1n) is 6.42. The lowest BCUT2D eigenvalue weighted by molar-refractivity contribution is 0.0696. The maximum absolute atomic E-state index is 10.9. The number of ether oxygens (including phenoxy) is 1. The van der Waals surface area contributed by atoms with E-state index in [1.54, 1.807) is 6.07 Å². The van der Waals surface area contributed by atoms with Gasteiger partial charge < -0.3 is 9.84 Å². The summed E-state index contributed by atoms with van der Waals surface area (Å²) in [5.74, 6) is -0.442. The van der Waals surface area contributed by atoms with Gasteiger partial charge in [0.1, 0.15) is 5.75 Å². The Morgan fingerprint density at radius 2 is 2.15 bits per heavy atom. The van der Waals surface area contributed by atoms with Crippen molar-refractivity contribution in [2.24, 2.45) is 5.41 Å². The SMILES string of the molecule is CC(C)(C#N)CCCCOc1cc(C(=O)O)ccc1Br. The van der Waals surface area contributed by atoms with E-state index in [0.29, 0.717) is 12.4 Å². The van der Waals surface area contributed by atoms with Crippen molar-refractivity contribution < 1.29 is 14.6 Å². The molecule has 1 aromatic rings. The van der Waals surface area contributed by atoms with Gasteiger partial charge in [-0.2, -0.15) is 5.26 Å². The Balaban J connectivity index is 2.45. The number of benzene rings is 1. The van der Waals surface area contributed by atoms with Gasteiger partial charge in [-0.05, 0) is 67.2 Å². The second-order valence-corrected chi connectivity index (χ2v) is 6.11. The molecule has 0 aliphatic heterocycles. The number of nitrogens with zero attached hydrogens (tertiary/aromatic N) is 1. The maximum atomic E-state index is 10.9. The molecule has 108 valence electrons. The number of rotatable bonds is 7. The van der Waals surface area contributed by atoms with Crippen molar-refractivity contribution in [3.8, 4) is 11.8 Å². The number of aromatic carboxylic acids is 1. The highest BCUT2D eigenvalue weighted by molar-refractivity contribution is 9.10. The van der Waals surface area contributed by atoms with Gasteiger partial charge in [-0.3, -0.25) is 0 Å². The number of hydrogen-bond acceptors (Lipinski definition) is 3. The van der Waals surface area contributed by atoms with E-state index < -0.39 is 5.97 Å². The van der Waals surface area contributed by atoms with E-state index in [4.69, 9.17) is 15.1 Å². The summed E-state index contributed by atoms with van der Waals surface area (Å²) >= 11 is 3.33. The first kappa shape index (κ1) is 16.5. The largest absolute Gasteiger partial charge is 0.492 e. The van der Waals surface area contributed by atoms with Crippen LogP contribution in [0.1, 0.15) is 43.5 Å². The second kappa shape index (κ2) is 7.30. The van der Waals surface area contributed by atoms with E-state index in [1.807, 2.05) is 13.8 Å². The normalized spacial score (nSPS) is 10.9. The van der Waals surface area contributed by atoms with Crippen molar-refractivity contribution in [3.05, 3.63) is 28.2 Å². The Labute approximate surface area is 127 Å². The molecule has 0 aromatic heterocycles. The molecule has 0 radical (unpaired) electrons. The zero-order valence-electron chi connectivity index (χ0n) is 11.6.